The third-order valence-electron chi connectivity index (χ3n) is 3.28. The fraction of sp³-hybridized carbons (Fsp3) is 0.500. The fourth-order valence-corrected chi connectivity index (χ4v) is 2.09. The minimum absolute atomic E-state index is 0.680. The lowest BCUT2D eigenvalue weighted by molar-refractivity contribution is 0.341. The molecule has 1 aliphatic heterocycles. The second-order valence-corrected chi connectivity index (χ2v) is 4.58. The van der Waals surface area contributed by atoms with E-state index >= 15 is 0 Å². The number of nitrogen functional groups attached to an aromatic ring is 2. The van der Waals surface area contributed by atoms with Crippen molar-refractivity contribution in [1.82, 2.24) is 4.90 Å². The van der Waals surface area contributed by atoms with Crippen molar-refractivity contribution < 1.29 is 0 Å². The van der Waals surface area contributed by atoms with Crippen molar-refractivity contribution >= 4 is 17.1 Å². The van der Waals surface area contributed by atoms with Crippen molar-refractivity contribution in [2.24, 2.45) is 0 Å². The SMILES string of the molecule is CN1CCc2cc(N)c(N)cc2N(C)CC1. The van der Waals surface area contributed by atoms with E-state index in [4.69, 9.17) is 11.5 Å². The summed E-state index contributed by atoms with van der Waals surface area (Å²) in [6.45, 7) is 3.18. The monoisotopic (exact) mass is 220 g/mol. The van der Waals surface area contributed by atoms with Crippen LogP contribution >= 0.6 is 0 Å². The second kappa shape index (κ2) is 4.22. The highest BCUT2D eigenvalue weighted by Crippen LogP contribution is 2.29. The molecular weight excluding hydrogens is 200 g/mol. The zero-order valence-electron chi connectivity index (χ0n) is 10.0. The second-order valence-electron chi connectivity index (χ2n) is 4.58. The van der Waals surface area contributed by atoms with E-state index in [1.807, 2.05) is 12.1 Å². The molecule has 4 heteroatoms. The van der Waals surface area contributed by atoms with Gasteiger partial charge in [-0.15, -0.1) is 0 Å². The van der Waals surface area contributed by atoms with E-state index in [1.165, 1.54) is 11.3 Å². The Bertz CT molecular complexity index is 389. The van der Waals surface area contributed by atoms with Gasteiger partial charge in [-0.05, 0) is 31.2 Å². The number of hydrogen-bond donors (Lipinski definition) is 2. The molecule has 0 saturated carbocycles. The van der Waals surface area contributed by atoms with Gasteiger partial charge in [0.1, 0.15) is 0 Å². The largest absolute Gasteiger partial charge is 0.397 e. The standard InChI is InChI=1S/C12H20N4/c1-15-4-3-9-7-10(13)11(14)8-12(9)16(2)6-5-15/h7-8H,3-6,13-14H2,1-2H3. The average Bonchev–Trinajstić information content (AvgIpc) is 2.25. The van der Waals surface area contributed by atoms with Gasteiger partial charge in [-0.1, -0.05) is 0 Å². The zero-order valence-corrected chi connectivity index (χ0v) is 10.0. The number of hydrogen-bond acceptors (Lipinski definition) is 4. The normalized spacial score (nSPS) is 17.8. The smallest absolute Gasteiger partial charge is 0.0568 e. The lowest BCUT2D eigenvalue weighted by Gasteiger charge is -2.29. The summed E-state index contributed by atoms with van der Waals surface area (Å²) in [6, 6.07) is 4.01. The molecule has 0 unspecified atom stereocenters. The maximum absolute atomic E-state index is 5.86. The summed E-state index contributed by atoms with van der Waals surface area (Å²) in [5, 5.41) is 0. The molecule has 1 aromatic rings. The first kappa shape index (κ1) is 11.1. The quantitative estimate of drug-likeness (QED) is 0.634. The van der Waals surface area contributed by atoms with Gasteiger partial charge >= 0.3 is 0 Å². The van der Waals surface area contributed by atoms with Gasteiger partial charge in [-0.3, -0.25) is 0 Å². The Balaban J connectivity index is 2.39. The molecule has 0 bridgehead atoms. The summed E-state index contributed by atoms with van der Waals surface area (Å²) >= 11 is 0. The molecule has 4 N–H and O–H groups in total. The van der Waals surface area contributed by atoms with Crippen molar-refractivity contribution in [1.29, 1.82) is 0 Å². The van der Waals surface area contributed by atoms with E-state index in [0.717, 1.165) is 26.1 Å². The Hall–Kier alpha value is -1.42. The van der Waals surface area contributed by atoms with Gasteiger partial charge in [0.25, 0.3) is 0 Å². The van der Waals surface area contributed by atoms with E-state index in [9.17, 15) is 0 Å². The van der Waals surface area contributed by atoms with Crippen LogP contribution in [0.5, 0.6) is 0 Å². The Morgan fingerprint density at radius 1 is 1.00 bits per heavy atom. The summed E-state index contributed by atoms with van der Waals surface area (Å²) < 4.78 is 0. The minimum atomic E-state index is 0.680. The Kier molecular flexibility index (Phi) is 2.92. The topological polar surface area (TPSA) is 58.5 Å². The van der Waals surface area contributed by atoms with Gasteiger partial charge in [-0.25, -0.2) is 0 Å². The molecule has 2 rings (SSSR count). The maximum Gasteiger partial charge on any atom is 0.0568 e. The maximum atomic E-state index is 5.86. The number of fused-ring (bicyclic) bond motifs is 1. The number of rotatable bonds is 0. The van der Waals surface area contributed by atoms with Crippen LogP contribution in [0.2, 0.25) is 0 Å². The number of anilines is 3. The third kappa shape index (κ3) is 2.07. The average molecular weight is 220 g/mol. The predicted octanol–water partition coefficient (Wildman–Crippen LogP) is 0.775. The molecule has 1 heterocycles. The third-order valence-corrected chi connectivity index (χ3v) is 3.28. The molecule has 1 aliphatic rings. The Morgan fingerprint density at radius 2 is 1.69 bits per heavy atom. The van der Waals surface area contributed by atoms with Gasteiger partial charge < -0.3 is 21.3 Å². The molecule has 0 atom stereocenters. The molecule has 0 radical (unpaired) electrons. The molecule has 1 aromatic carbocycles. The summed E-state index contributed by atoms with van der Waals surface area (Å²) in [5.41, 5.74) is 15.6. The van der Waals surface area contributed by atoms with Crippen LogP contribution in [0, 0.1) is 0 Å². The molecular formula is C12H20N4. The van der Waals surface area contributed by atoms with E-state index in [0.29, 0.717) is 11.4 Å². The predicted molar refractivity (Wildman–Crippen MR) is 69.7 cm³/mol. The molecule has 0 aliphatic carbocycles. The van der Waals surface area contributed by atoms with E-state index in [1.54, 1.807) is 0 Å². The summed E-state index contributed by atoms with van der Waals surface area (Å²) in [4.78, 5) is 4.59. The van der Waals surface area contributed by atoms with Crippen LogP contribution in [0.25, 0.3) is 0 Å². The molecule has 0 aromatic heterocycles. The van der Waals surface area contributed by atoms with E-state index in [2.05, 4.69) is 23.9 Å². The highest BCUT2D eigenvalue weighted by Gasteiger charge is 2.14. The summed E-state index contributed by atoms with van der Waals surface area (Å²) in [5.74, 6) is 0. The van der Waals surface area contributed by atoms with Gasteiger partial charge in [0.15, 0.2) is 0 Å². The van der Waals surface area contributed by atoms with Crippen LogP contribution in [0.3, 0.4) is 0 Å². The van der Waals surface area contributed by atoms with Gasteiger partial charge in [0.2, 0.25) is 0 Å². The molecule has 0 saturated heterocycles. The molecule has 16 heavy (non-hydrogen) atoms. The highest BCUT2D eigenvalue weighted by atomic mass is 15.2. The molecule has 0 spiro atoms. The van der Waals surface area contributed by atoms with Crippen molar-refractivity contribution in [2.45, 2.75) is 6.42 Å². The van der Waals surface area contributed by atoms with Gasteiger partial charge in [0, 0.05) is 32.4 Å². The molecule has 4 nitrogen and oxygen atoms in total. The first-order valence-corrected chi connectivity index (χ1v) is 5.65. The molecule has 0 amide bonds. The van der Waals surface area contributed by atoms with Crippen molar-refractivity contribution in [3.05, 3.63) is 17.7 Å². The fourth-order valence-electron chi connectivity index (χ4n) is 2.09. The number of likely N-dealkylation sites (N-methyl/N-ethyl adjacent to an activating group) is 2. The van der Waals surface area contributed by atoms with Crippen molar-refractivity contribution in [3.8, 4) is 0 Å². The molecule has 0 fully saturated rings. The minimum Gasteiger partial charge on any atom is -0.397 e. The first-order valence-electron chi connectivity index (χ1n) is 5.65. The zero-order chi connectivity index (χ0) is 11.7. The summed E-state index contributed by atoms with van der Waals surface area (Å²) in [7, 11) is 4.26. The van der Waals surface area contributed by atoms with Crippen molar-refractivity contribution in [2.75, 3.05) is 50.1 Å². The van der Waals surface area contributed by atoms with Crippen LogP contribution in [0.15, 0.2) is 12.1 Å². The van der Waals surface area contributed by atoms with Crippen LogP contribution in [0.1, 0.15) is 5.56 Å². The van der Waals surface area contributed by atoms with E-state index in [-0.39, 0.29) is 0 Å². The van der Waals surface area contributed by atoms with Crippen LogP contribution in [-0.4, -0.2) is 38.6 Å². The van der Waals surface area contributed by atoms with Gasteiger partial charge in [-0.2, -0.15) is 0 Å². The van der Waals surface area contributed by atoms with Gasteiger partial charge in [0.05, 0.1) is 11.4 Å². The number of nitrogens with two attached hydrogens (primary N) is 2. The lowest BCUT2D eigenvalue weighted by atomic mass is 10.0. The first-order chi connectivity index (χ1) is 7.58. The van der Waals surface area contributed by atoms with Crippen LogP contribution in [0.4, 0.5) is 17.1 Å². The van der Waals surface area contributed by atoms with E-state index < -0.39 is 0 Å². The van der Waals surface area contributed by atoms with Crippen LogP contribution in [-0.2, 0) is 6.42 Å². The Labute approximate surface area is 96.8 Å². The van der Waals surface area contributed by atoms with Crippen LogP contribution < -0.4 is 16.4 Å². The number of nitrogens with zero attached hydrogens (tertiary/aromatic N) is 2. The molecule has 88 valence electrons. The Morgan fingerprint density at radius 3 is 2.44 bits per heavy atom. The van der Waals surface area contributed by atoms with Crippen molar-refractivity contribution in [3.63, 3.8) is 0 Å². The highest BCUT2D eigenvalue weighted by molar-refractivity contribution is 5.73. The summed E-state index contributed by atoms with van der Waals surface area (Å²) in [6.07, 6.45) is 1.03. The lowest BCUT2D eigenvalue weighted by Crippen LogP contribution is -2.35. The number of benzene rings is 1.